The van der Waals surface area contributed by atoms with E-state index in [4.69, 9.17) is 4.74 Å². The van der Waals surface area contributed by atoms with E-state index in [0.717, 1.165) is 30.5 Å². The molecule has 0 atom stereocenters. The van der Waals surface area contributed by atoms with Gasteiger partial charge in [-0.3, -0.25) is 4.79 Å². The van der Waals surface area contributed by atoms with E-state index in [1.54, 1.807) is 0 Å². The van der Waals surface area contributed by atoms with Crippen LogP contribution in [0.2, 0.25) is 0 Å². The van der Waals surface area contributed by atoms with Crippen molar-refractivity contribution < 1.29 is 9.53 Å². The van der Waals surface area contributed by atoms with Crippen molar-refractivity contribution in [3.05, 3.63) is 65.7 Å². The minimum Gasteiger partial charge on any atom is -0.484 e. The molecule has 0 aliphatic carbocycles. The summed E-state index contributed by atoms with van der Waals surface area (Å²) in [6.45, 7) is 4.13. The van der Waals surface area contributed by atoms with Gasteiger partial charge in [0.2, 0.25) is 0 Å². The van der Waals surface area contributed by atoms with E-state index in [9.17, 15) is 4.79 Å². The molecule has 4 nitrogen and oxygen atoms in total. The molecule has 1 amide bonds. The van der Waals surface area contributed by atoms with Gasteiger partial charge >= 0.3 is 0 Å². The normalized spacial score (nSPS) is 11.2. The van der Waals surface area contributed by atoms with E-state index in [1.165, 1.54) is 5.56 Å². The van der Waals surface area contributed by atoms with E-state index in [0.29, 0.717) is 5.75 Å². The zero-order valence-electron chi connectivity index (χ0n) is 14.3. The number of hydrazone groups is 1. The van der Waals surface area contributed by atoms with Gasteiger partial charge in [0.1, 0.15) is 5.75 Å². The maximum absolute atomic E-state index is 11.9. The number of nitrogens with zero attached hydrogens (tertiary/aromatic N) is 1. The Hall–Kier alpha value is -2.62. The Morgan fingerprint density at radius 3 is 2.38 bits per heavy atom. The third-order valence-electron chi connectivity index (χ3n) is 3.61. The van der Waals surface area contributed by atoms with E-state index in [-0.39, 0.29) is 12.5 Å². The lowest BCUT2D eigenvalue weighted by Gasteiger charge is -2.08. The van der Waals surface area contributed by atoms with Crippen molar-refractivity contribution >= 4 is 11.6 Å². The highest BCUT2D eigenvalue weighted by Crippen LogP contribution is 2.12. The van der Waals surface area contributed by atoms with Crippen molar-refractivity contribution in [1.82, 2.24) is 5.43 Å². The SMILES string of the molecule is CCCC(=NNC(=O)COc1ccc(CC)cc1)c1ccccc1. The fraction of sp³-hybridized carbons (Fsp3) is 0.300. The van der Waals surface area contributed by atoms with Crippen LogP contribution in [0.4, 0.5) is 0 Å². The first-order valence-electron chi connectivity index (χ1n) is 8.35. The molecule has 0 radical (unpaired) electrons. The van der Waals surface area contributed by atoms with Crippen LogP contribution >= 0.6 is 0 Å². The highest BCUT2D eigenvalue weighted by atomic mass is 16.5. The lowest BCUT2D eigenvalue weighted by atomic mass is 10.1. The highest BCUT2D eigenvalue weighted by Gasteiger charge is 2.05. The molecular formula is C20H24N2O2. The summed E-state index contributed by atoms with van der Waals surface area (Å²) in [6, 6.07) is 17.6. The Morgan fingerprint density at radius 1 is 1.04 bits per heavy atom. The van der Waals surface area contributed by atoms with Gasteiger partial charge in [0.15, 0.2) is 6.61 Å². The summed E-state index contributed by atoms with van der Waals surface area (Å²) >= 11 is 0. The molecule has 2 aromatic carbocycles. The van der Waals surface area contributed by atoms with Crippen molar-refractivity contribution in [3.63, 3.8) is 0 Å². The second-order valence-electron chi connectivity index (χ2n) is 5.50. The summed E-state index contributed by atoms with van der Waals surface area (Å²) in [7, 11) is 0. The van der Waals surface area contributed by atoms with Gasteiger partial charge in [-0.2, -0.15) is 5.10 Å². The Labute approximate surface area is 143 Å². The van der Waals surface area contributed by atoms with Gasteiger partial charge in [-0.1, -0.05) is 62.7 Å². The van der Waals surface area contributed by atoms with Crippen molar-refractivity contribution in [3.8, 4) is 5.75 Å². The number of carbonyl (C=O) groups excluding carboxylic acids is 1. The summed E-state index contributed by atoms with van der Waals surface area (Å²) in [4.78, 5) is 11.9. The summed E-state index contributed by atoms with van der Waals surface area (Å²) in [5.41, 5.74) is 5.72. The first kappa shape index (κ1) is 17.7. The maximum Gasteiger partial charge on any atom is 0.277 e. The maximum atomic E-state index is 11.9. The second kappa shape index (κ2) is 9.50. The van der Waals surface area contributed by atoms with E-state index in [2.05, 4.69) is 24.4 Å². The van der Waals surface area contributed by atoms with Gasteiger partial charge in [0.05, 0.1) is 5.71 Å². The number of aryl methyl sites for hydroxylation is 1. The molecule has 126 valence electrons. The van der Waals surface area contributed by atoms with Crippen LogP contribution in [0.3, 0.4) is 0 Å². The number of amides is 1. The predicted molar refractivity (Wildman–Crippen MR) is 97.3 cm³/mol. The molecule has 0 aromatic heterocycles. The Balaban J connectivity index is 1.89. The van der Waals surface area contributed by atoms with Gasteiger partial charge in [0.25, 0.3) is 5.91 Å². The topological polar surface area (TPSA) is 50.7 Å². The molecule has 2 aromatic rings. The molecule has 0 aliphatic heterocycles. The number of ether oxygens (including phenoxy) is 1. The summed E-state index contributed by atoms with van der Waals surface area (Å²) in [5, 5.41) is 4.26. The molecule has 4 heteroatoms. The number of carbonyl (C=O) groups is 1. The minimum absolute atomic E-state index is 0.0524. The molecule has 1 N–H and O–H groups in total. The Morgan fingerprint density at radius 2 is 1.75 bits per heavy atom. The van der Waals surface area contributed by atoms with Crippen molar-refractivity contribution in [2.75, 3.05) is 6.61 Å². The zero-order chi connectivity index (χ0) is 17.2. The van der Waals surface area contributed by atoms with Crippen molar-refractivity contribution in [1.29, 1.82) is 0 Å². The smallest absolute Gasteiger partial charge is 0.277 e. The molecule has 0 saturated heterocycles. The standard InChI is InChI=1S/C20H24N2O2/c1-3-8-19(17-9-6-5-7-10-17)21-22-20(23)15-24-18-13-11-16(4-2)12-14-18/h5-7,9-14H,3-4,8,15H2,1-2H3,(H,22,23). The largest absolute Gasteiger partial charge is 0.484 e. The van der Waals surface area contributed by atoms with Crippen LogP contribution in [0.15, 0.2) is 59.7 Å². The minimum atomic E-state index is -0.265. The molecule has 0 fully saturated rings. The predicted octanol–water partition coefficient (Wildman–Crippen LogP) is 3.95. The first-order valence-corrected chi connectivity index (χ1v) is 8.35. The van der Waals surface area contributed by atoms with Crippen LogP contribution in [0.25, 0.3) is 0 Å². The first-order chi connectivity index (χ1) is 11.7. The van der Waals surface area contributed by atoms with Gasteiger partial charge in [-0.15, -0.1) is 0 Å². The Bertz CT molecular complexity index is 664. The number of hydrogen-bond donors (Lipinski definition) is 1. The van der Waals surface area contributed by atoms with Crippen LogP contribution in [-0.4, -0.2) is 18.2 Å². The lowest BCUT2D eigenvalue weighted by Crippen LogP contribution is -2.26. The molecular weight excluding hydrogens is 300 g/mol. The van der Waals surface area contributed by atoms with Crippen LogP contribution in [-0.2, 0) is 11.2 Å². The summed E-state index contributed by atoms with van der Waals surface area (Å²) in [6.07, 6.45) is 2.75. The zero-order valence-corrected chi connectivity index (χ0v) is 14.3. The molecule has 0 spiro atoms. The molecule has 0 saturated carbocycles. The number of rotatable bonds is 8. The summed E-state index contributed by atoms with van der Waals surface area (Å²) in [5.74, 6) is 0.419. The average Bonchev–Trinajstić information content (AvgIpc) is 2.64. The van der Waals surface area contributed by atoms with E-state index >= 15 is 0 Å². The van der Waals surface area contributed by atoms with E-state index < -0.39 is 0 Å². The van der Waals surface area contributed by atoms with Gasteiger partial charge in [-0.05, 0) is 36.1 Å². The molecule has 24 heavy (non-hydrogen) atoms. The van der Waals surface area contributed by atoms with Gasteiger partial charge in [-0.25, -0.2) is 5.43 Å². The fourth-order valence-electron chi connectivity index (χ4n) is 2.26. The molecule has 0 unspecified atom stereocenters. The quantitative estimate of drug-likeness (QED) is 0.590. The second-order valence-corrected chi connectivity index (χ2v) is 5.50. The molecule has 0 aliphatic rings. The number of benzene rings is 2. The number of hydrogen-bond acceptors (Lipinski definition) is 3. The third-order valence-corrected chi connectivity index (χ3v) is 3.61. The van der Waals surface area contributed by atoms with E-state index in [1.807, 2.05) is 54.6 Å². The van der Waals surface area contributed by atoms with Gasteiger partial charge < -0.3 is 4.74 Å². The van der Waals surface area contributed by atoms with Crippen molar-refractivity contribution in [2.45, 2.75) is 33.1 Å². The van der Waals surface area contributed by atoms with Crippen molar-refractivity contribution in [2.24, 2.45) is 5.10 Å². The lowest BCUT2D eigenvalue weighted by molar-refractivity contribution is -0.123. The fourth-order valence-corrected chi connectivity index (χ4v) is 2.26. The summed E-state index contributed by atoms with van der Waals surface area (Å²) < 4.78 is 5.48. The van der Waals surface area contributed by atoms with Crippen LogP contribution in [0.1, 0.15) is 37.8 Å². The molecule has 0 bridgehead atoms. The Kier molecular flexibility index (Phi) is 7.02. The van der Waals surface area contributed by atoms with Gasteiger partial charge in [0, 0.05) is 0 Å². The average molecular weight is 324 g/mol. The highest BCUT2D eigenvalue weighted by molar-refractivity contribution is 6.01. The molecule has 2 rings (SSSR count). The van der Waals surface area contributed by atoms with Crippen LogP contribution < -0.4 is 10.2 Å². The third kappa shape index (κ3) is 5.54. The van der Waals surface area contributed by atoms with Crippen LogP contribution in [0, 0.1) is 0 Å². The number of nitrogens with one attached hydrogen (secondary N) is 1. The molecule has 0 heterocycles. The monoisotopic (exact) mass is 324 g/mol. The van der Waals surface area contributed by atoms with Crippen LogP contribution in [0.5, 0.6) is 5.75 Å².